The lowest BCUT2D eigenvalue weighted by atomic mass is 10.2. The summed E-state index contributed by atoms with van der Waals surface area (Å²) in [5.41, 5.74) is 2.43. The number of aryl methyl sites for hydroxylation is 1. The van der Waals surface area contributed by atoms with E-state index >= 15 is 0 Å². The standard InChI is InChI=1S/C21H19N5O/c1-3-26(18-7-5-4-6-8-18)20-13-19(23-15(2)24-20)21(27)25-17-11-9-16(14-22)10-12-17/h4-13H,3H2,1-2H3,(H,25,27). The van der Waals surface area contributed by atoms with Crippen LogP contribution in [0.25, 0.3) is 0 Å². The summed E-state index contributed by atoms with van der Waals surface area (Å²) in [4.78, 5) is 23.4. The Hall–Kier alpha value is -3.72. The van der Waals surface area contributed by atoms with Crippen LogP contribution >= 0.6 is 0 Å². The molecule has 0 atom stereocenters. The molecule has 2 aromatic carbocycles. The van der Waals surface area contributed by atoms with Crippen molar-refractivity contribution in [2.75, 3.05) is 16.8 Å². The lowest BCUT2D eigenvalue weighted by Gasteiger charge is -2.22. The molecule has 0 saturated heterocycles. The van der Waals surface area contributed by atoms with E-state index in [2.05, 4.69) is 15.3 Å². The van der Waals surface area contributed by atoms with Crippen molar-refractivity contribution in [2.24, 2.45) is 0 Å². The molecule has 3 rings (SSSR count). The highest BCUT2D eigenvalue weighted by atomic mass is 16.1. The minimum absolute atomic E-state index is 0.288. The highest BCUT2D eigenvalue weighted by Crippen LogP contribution is 2.24. The number of rotatable bonds is 5. The van der Waals surface area contributed by atoms with Crippen molar-refractivity contribution < 1.29 is 4.79 Å². The molecule has 0 aliphatic carbocycles. The van der Waals surface area contributed by atoms with E-state index in [1.165, 1.54) is 0 Å². The van der Waals surface area contributed by atoms with Crippen LogP contribution in [0.5, 0.6) is 0 Å². The van der Waals surface area contributed by atoms with Crippen molar-refractivity contribution in [1.29, 1.82) is 5.26 Å². The van der Waals surface area contributed by atoms with Crippen LogP contribution in [0.3, 0.4) is 0 Å². The fourth-order valence-electron chi connectivity index (χ4n) is 2.71. The normalized spacial score (nSPS) is 10.1. The van der Waals surface area contributed by atoms with Gasteiger partial charge in [0.15, 0.2) is 0 Å². The maximum atomic E-state index is 12.6. The van der Waals surface area contributed by atoms with Crippen LogP contribution in [0.1, 0.15) is 28.8 Å². The van der Waals surface area contributed by atoms with Gasteiger partial charge in [-0.2, -0.15) is 5.26 Å². The van der Waals surface area contributed by atoms with Gasteiger partial charge in [0.05, 0.1) is 11.6 Å². The molecule has 0 spiro atoms. The van der Waals surface area contributed by atoms with E-state index in [1.54, 1.807) is 37.3 Å². The number of carbonyl (C=O) groups excluding carboxylic acids is 1. The Labute approximate surface area is 158 Å². The summed E-state index contributed by atoms with van der Waals surface area (Å²) in [6.45, 7) is 4.50. The van der Waals surface area contributed by atoms with Crippen LogP contribution in [0.15, 0.2) is 60.7 Å². The Bertz CT molecular complexity index is 978. The molecule has 3 aromatic rings. The summed E-state index contributed by atoms with van der Waals surface area (Å²) in [7, 11) is 0. The predicted molar refractivity (Wildman–Crippen MR) is 105 cm³/mol. The second-order valence-electron chi connectivity index (χ2n) is 5.88. The number of hydrogen-bond acceptors (Lipinski definition) is 5. The molecule has 6 nitrogen and oxygen atoms in total. The smallest absolute Gasteiger partial charge is 0.274 e. The summed E-state index contributed by atoms with van der Waals surface area (Å²) >= 11 is 0. The highest BCUT2D eigenvalue weighted by Gasteiger charge is 2.15. The van der Waals surface area contributed by atoms with E-state index in [0.29, 0.717) is 29.4 Å². The first-order chi connectivity index (χ1) is 13.1. The number of benzene rings is 2. The largest absolute Gasteiger partial charge is 0.327 e. The topological polar surface area (TPSA) is 81.9 Å². The lowest BCUT2D eigenvalue weighted by Crippen LogP contribution is -2.21. The van der Waals surface area contributed by atoms with Crippen molar-refractivity contribution in [1.82, 2.24) is 9.97 Å². The number of aromatic nitrogens is 2. The first kappa shape index (κ1) is 18.1. The summed E-state index contributed by atoms with van der Waals surface area (Å²) in [6.07, 6.45) is 0. The minimum atomic E-state index is -0.324. The Kier molecular flexibility index (Phi) is 5.43. The number of nitrogens with one attached hydrogen (secondary N) is 1. The Morgan fingerprint density at radius 3 is 2.44 bits per heavy atom. The molecule has 0 fully saturated rings. The SMILES string of the molecule is CCN(c1ccccc1)c1cc(C(=O)Nc2ccc(C#N)cc2)nc(C)n1. The van der Waals surface area contributed by atoms with E-state index in [4.69, 9.17) is 5.26 Å². The number of para-hydroxylation sites is 1. The summed E-state index contributed by atoms with van der Waals surface area (Å²) in [5.74, 6) is 0.864. The average molecular weight is 357 g/mol. The average Bonchev–Trinajstić information content (AvgIpc) is 2.69. The summed E-state index contributed by atoms with van der Waals surface area (Å²) < 4.78 is 0. The minimum Gasteiger partial charge on any atom is -0.327 e. The van der Waals surface area contributed by atoms with Crippen LogP contribution in [0, 0.1) is 18.3 Å². The van der Waals surface area contributed by atoms with Gasteiger partial charge in [0.25, 0.3) is 5.91 Å². The molecule has 1 amide bonds. The van der Waals surface area contributed by atoms with Gasteiger partial charge in [0, 0.05) is 24.0 Å². The van der Waals surface area contributed by atoms with Crippen LogP contribution in [0.4, 0.5) is 17.2 Å². The molecule has 0 radical (unpaired) electrons. The number of nitriles is 1. The van der Waals surface area contributed by atoms with Crippen LogP contribution in [0.2, 0.25) is 0 Å². The third-order valence-electron chi connectivity index (χ3n) is 3.99. The molecule has 0 aliphatic heterocycles. The summed E-state index contributed by atoms with van der Waals surface area (Å²) in [6, 6.07) is 20.3. The third-order valence-corrected chi connectivity index (χ3v) is 3.99. The van der Waals surface area contributed by atoms with Gasteiger partial charge in [-0.25, -0.2) is 9.97 Å². The zero-order valence-electron chi connectivity index (χ0n) is 15.2. The van der Waals surface area contributed by atoms with Gasteiger partial charge < -0.3 is 10.2 Å². The number of amides is 1. The number of carbonyl (C=O) groups is 1. The molecule has 27 heavy (non-hydrogen) atoms. The van der Waals surface area contributed by atoms with Crippen molar-refractivity contribution in [3.8, 4) is 6.07 Å². The van der Waals surface area contributed by atoms with Gasteiger partial charge in [-0.05, 0) is 50.2 Å². The van der Waals surface area contributed by atoms with E-state index < -0.39 is 0 Å². The van der Waals surface area contributed by atoms with Crippen molar-refractivity contribution >= 4 is 23.1 Å². The molecule has 0 bridgehead atoms. The molecular formula is C21H19N5O. The zero-order valence-corrected chi connectivity index (χ0v) is 15.2. The lowest BCUT2D eigenvalue weighted by molar-refractivity contribution is 0.102. The maximum absolute atomic E-state index is 12.6. The van der Waals surface area contributed by atoms with Crippen LogP contribution < -0.4 is 10.2 Å². The monoisotopic (exact) mass is 357 g/mol. The second-order valence-corrected chi connectivity index (χ2v) is 5.88. The van der Waals surface area contributed by atoms with E-state index in [1.807, 2.05) is 48.2 Å². The Morgan fingerprint density at radius 1 is 1.11 bits per heavy atom. The Balaban J connectivity index is 1.87. The molecular weight excluding hydrogens is 338 g/mol. The molecule has 0 unspecified atom stereocenters. The van der Waals surface area contributed by atoms with Crippen molar-refractivity contribution in [3.63, 3.8) is 0 Å². The second kappa shape index (κ2) is 8.11. The molecule has 1 heterocycles. The molecule has 0 saturated carbocycles. The van der Waals surface area contributed by atoms with Crippen LogP contribution in [-0.2, 0) is 0 Å². The van der Waals surface area contributed by atoms with E-state index in [0.717, 1.165) is 5.69 Å². The molecule has 0 aliphatic rings. The van der Waals surface area contributed by atoms with Gasteiger partial charge in [-0.15, -0.1) is 0 Å². The van der Waals surface area contributed by atoms with E-state index in [9.17, 15) is 4.79 Å². The highest BCUT2D eigenvalue weighted by molar-refractivity contribution is 6.03. The first-order valence-corrected chi connectivity index (χ1v) is 8.60. The first-order valence-electron chi connectivity index (χ1n) is 8.60. The van der Waals surface area contributed by atoms with Gasteiger partial charge >= 0.3 is 0 Å². The van der Waals surface area contributed by atoms with Crippen molar-refractivity contribution in [2.45, 2.75) is 13.8 Å². The number of nitrogens with zero attached hydrogens (tertiary/aromatic N) is 4. The van der Waals surface area contributed by atoms with Crippen LogP contribution in [-0.4, -0.2) is 22.4 Å². The number of hydrogen-bond donors (Lipinski definition) is 1. The quantitative estimate of drug-likeness (QED) is 0.744. The predicted octanol–water partition coefficient (Wildman–Crippen LogP) is 4.07. The third kappa shape index (κ3) is 4.28. The van der Waals surface area contributed by atoms with Gasteiger partial charge in [0.2, 0.25) is 0 Å². The van der Waals surface area contributed by atoms with Gasteiger partial charge in [0.1, 0.15) is 17.3 Å². The summed E-state index contributed by atoms with van der Waals surface area (Å²) in [5, 5.41) is 11.7. The van der Waals surface area contributed by atoms with Crippen molar-refractivity contribution in [3.05, 3.63) is 77.7 Å². The van der Waals surface area contributed by atoms with E-state index in [-0.39, 0.29) is 11.6 Å². The maximum Gasteiger partial charge on any atom is 0.274 e. The molecule has 6 heteroatoms. The molecule has 1 N–H and O–H groups in total. The molecule has 134 valence electrons. The molecule has 1 aromatic heterocycles. The van der Waals surface area contributed by atoms with Gasteiger partial charge in [-0.1, -0.05) is 18.2 Å². The number of anilines is 3. The Morgan fingerprint density at radius 2 is 1.81 bits per heavy atom. The fourth-order valence-corrected chi connectivity index (χ4v) is 2.71. The fraction of sp³-hybridized carbons (Fsp3) is 0.143. The van der Waals surface area contributed by atoms with Gasteiger partial charge in [-0.3, -0.25) is 4.79 Å². The zero-order chi connectivity index (χ0) is 19.2.